The summed E-state index contributed by atoms with van der Waals surface area (Å²) in [6.45, 7) is 0. The molecule has 37 heavy (non-hydrogen) atoms. The predicted molar refractivity (Wildman–Crippen MR) is 162 cm³/mol. The zero-order valence-corrected chi connectivity index (χ0v) is 23.9. The number of hydrogen-bond donors (Lipinski definition) is 0. The van der Waals surface area contributed by atoms with Crippen LogP contribution in [0, 0.1) is 0 Å². The number of hydrogen-bond acceptors (Lipinski definition) is 2. The standard InChI is InChI=1S/C18H15P.C14H8Br2O2/c1-4-10-16(11-5-1)19(17-12-6-2-7-13-17)18-14-8-3-9-15-18;15-11-5-1-9(2-6-11)13(17)14(18)10-3-7-12(16)8-4-10/h1-15H;1-8H. The molecule has 0 bridgehead atoms. The van der Waals surface area contributed by atoms with E-state index in [1.807, 2.05) is 0 Å². The quantitative estimate of drug-likeness (QED) is 0.109. The number of ketones is 2. The highest BCUT2D eigenvalue weighted by Gasteiger charge is 2.18. The molecule has 0 amide bonds. The second kappa shape index (κ2) is 13.4. The molecule has 0 aromatic heterocycles. The Labute approximate surface area is 235 Å². The van der Waals surface area contributed by atoms with E-state index in [0.717, 1.165) is 8.95 Å². The summed E-state index contributed by atoms with van der Waals surface area (Å²) >= 11 is 6.57. The SMILES string of the molecule is O=C(C(=O)c1ccc(Br)cc1)c1ccc(Br)cc1.c1ccc(P(c2ccccc2)c2ccccc2)cc1. The van der Waals surface area contributed by atoms with E-state index in [2.05, 4.69) is 123 Å². The number of rotatable bonds is 6. The molecular weight excluding hydrogens is 607 g/mol. The minimum absolute atomic E-state index is 0.395. The normalized spacial score (nSPS) is 10.4. The van der Waals surface area contributed by atoms with Gasteiger partial charge in [-0.15, -0.1) is 0 Å². The van der Waals surface area contributed by atoms with Crippen LogP contribution < -0.4 is 15.9 Å². The maximum Gasteiger partial charge on any atom is 0.233 e. The first kappa shape index (κ1) is 26.9. The van der Waals surface area contributed by atoms with Gasteiger partial charge in [0.1, 0.15) is 0 Å². The van der Waals surface area contributed by atoms with E-state index in [4.69, 9.17) is 0 Å². The topological polar surface area (TPSA) is 34.1 Å². The van der Waals surface area contributed by atoms with Gasteiger partial charge in [-0.1, -0.05) is 123 Å². The van der Waals surface area contributed by atoms with E-state index in [0.29, 0.717) is 11.1 Å². The number of carbonyl (C=O) groups is 2. The van der Waals surface area contributed by atoms with E-state index in [1.54, 1.807) is 48.5 Å². The molecule has 0 aliphatic heterocycles. The molecule has 0 spiro atoms. The van der Waals surface area contributed by atoms with Gasteiger partial charge < -0.3 is 0 Å². The molecule has 0 saturated carbocycles. The van der Waals surface area contributed by atoms with E-state index >= 15 is 0 Å². The number of Topliss-reactive ketones (excluding diaryl/α,β-unsaturated/α-hetero) is 2. The van der Waals surface area contributed by atoms with Crippen molar-refractivity contribution in [3.8, 4) is 0 Å². The molecular formula is C32H23Br2O2P. The fraction of sp³-hybridized carbons (Fsp3) is 0. The Balaban J connectivity index is 0.000000173. The van der Waals surface area contributed by atoms with Gasteiger partial charge in [0, 0.05) is 20.1 Å². The van der Waals surface area contributed by atoms with Crippen LogP contribution in [0.2, 0.25) is 0 Å². The van der Waals surface area contributed by atoms with Crippen LogP contribution in [0.4, 0.5) is 0 Å². The molecule has 0 unspecified atom stereocenters. The van der Waals surface area contributed by atoms with Crippen molar-refractivity contribution in [2.75, 3.05) is 0 Å². The summed E-state index contributed by atoms with van der Waals surface area (Å²) in [7, 11) is -0.446. The van der Waals surface area contributed by atoms with Crippen molar-refractivity contribution < 1.29 is 9.59 Å². The third-order valence-corrected chi connectivity index (χ3v) is 8.96. The highest BCUT2D eigenvalue weighted by Crippen LogP contribution is 2.32. The van der Waals surface area contributed by atoms with Crippen LogP contribution in [0.3, 0.4) is 0 Å². The second-order valence-electron chi connectivity index (χ2n) is 8.01. The fourth-order valence-corrected chi connectivity index (χ4v) is 6.48. The van der Waals surface area contributed by atoms with Gasteiger partial charge in [0.25, 0.3) is 0 Å². The molecule has 2 nitrogen and oxygen atoms in total. The van der Waals surface area contributed by atoms with E-state index in [9.17, 15) is 9.59 Å². The van der Waals surface area contributed by atoms with Crippen LogP contribution in [0.1, 0.15) is 20.7 Å². The molecule has 0 radical (unpaired) electrons. The van der Waals surface area contributed by atoms with Crippen molar-refractivity contribution in [3.05, 3.63) is 160 Å². The van der Waals surface area contributed by atoms with E-state index in [1.165, 1.54) is 15.9 Å². The smallest absolute Gasteiger partial charge is 0.233 e. The van der Waals surface area contributed by atoms with Crippen molar-refractivity contribution in [1.82, 2.24) is 0 Å². The Kier molecular flexibility index (Phi) is 9.73. The lowest BCUT2D eigenvalue weighted by Crippen LogP contribution is -2.20. The van der Waals surface area contributed by atoms with Crippen LogP contribution in [0.15, 0.2) is 148 Å². The van der Waals surface area contributed by atoms with Crippen LogP contribution in [0.25, 0.3) is 0 Å². The van der Waals surface area contributed by atoms with Crippen LogP contribution in [0.5, 0.6) is 0 Å². The molecule has 0 aliphatic rings. The molecule has 0 atom stereocenters. The first-order valence-electron chi connectivity index (χ1n) is 11.6. The molecule has 5 rings (SSSR count). The molecule has 5 heteroatoms. The number of benzene rings is 5. The van der Waals surface area contributed by atoms with Gasteiger partial charge in [0.2, 0.25) is 11.6 Å². The van der Waals surface area contributed by atoms with Gasteiger partial charge in [-0.2, -0.15) is 0 Å². The van der Waals surface area contributed by atoms with Crippen LogP contribution in [-0.2, 0) is 0 Å². The van der Waals surface area contributed by atoms with Crippen LogP contribution >= 0.6 is 39.8 Å². The molecule has 0 aliphatic carbocycles. The molecule has 0 saturated heterocycles. The van der Waals surface area contributed by atoms with Gasteiger partial charge in [0.05, 0.1) is 0 Å². The summed E-state index contributed by atoms with van der Waals surface area (Å²) in [6, 6.07) is 45.8. The molecule has 5 aromatic carbocycles. The molecule has 0 fully saturated rings. The summed E-state index contributed by atoms with van der Waals surface area (Å²) < 4.78 is 1.74. The lowest BCUT2D eigenvalue weighted by Gasteiger charge is -2.18. The molecule has 0 N–H and O–H groups in total. The third-order valence-electron chi connectivity index (χ3n) is 5.46. The lowest BCUT2D eigenvalue weighted by atomic mass is 10.0. The molecule has 5 aromatic rings. The summed E-state index contributed by atoms with van der Waals surface area (Å²) in [5, 5.41) is 4.19. The van der Waals surface area contributed by atoms with E-state index in [-0.39, 0.29) is 0 Å². The maximum atomic E-state index is 12.0. The molecule has 182 valence electrons. The highest BCUT2D eigenvalue weighted by molar-refractivity contribution is 9.10. The summed E-state index contributed by atoms with van der Waals surface area (Å²) in [6.07, 6.45) is 0. The monoisotopic (exact) mass is 628 g/mol. The Bertz CT molecular complexity index is 1290. The maximum absolute atomic E-state index is 12.0. The van der Waals surface area contributed by atoms with Gasteiger partial charge in [0.15, 0.2) is 0 Å². The van der Waals surface area contributed by atoms with Gasteiger partial charge in [-0.3, -0.25) is 9.59 Å². The Morgan fingerprint density at radius 3 is 0.946 bits per heavy atom. The largest absolute Gasteiger partial charge is 0.285 e. The fourth-order valence-electron chi connectivity index (χ4n) is 3.64. The second-order valence-corrected chi connectivity index (χ2v) is 12.1. The minimum Gasteiger partial charge on any atom is -0.285 e. The van der Waals surface area contributed by atoms with Crippen molar-refractivity contribution >= 4 is 67.3 Å². The van der Waals surface area contributed by atoms with Crippen molar-refractivity contribution in [2.45, 2.75) is 0 Å². The van der Waals surface area contributed by atoms with Crippen molar-refractivity contribution in [3.63, 3.8) is 0 Å². The van der Waals surface area contributed by atoms with Gasteiger partial charge >= 0.3 is 0 Å². The lowest BCUT2D eigenvalue weighted by molar-refractivity contribution is 0.0817. The predicted octanol–water partition coefficient (Wildman–Crippen LogP) is 7.72. The van der Waals surface area contributed by atoms with Crippen LogP contribution in [-0.4, -0.2) is 11.6 Å². The number of carbonyl (C=O) groups excluding carboxylic acids is 2. The Morgan fingerprint density at radius 1 is 0.405 bits per heavy atom. The highest BCUT2D eigenvalue weighted by atomic mass is 79.9. The summed E-state index contributed by atoms with van der Waals surface area (Å²) in [4.78, 5) is 23.9. The van der Waals surface area contributed by atoms with Crippen molar-refractivity contribution in [1.29, 1.82) is 0 Å². The van der Waals surface area contributed by atoms with Crippen molar-refractivity contribution in [2.24, 2.45) is 0 Å². The minimum atomic E-state index is -0.496. The molecule has 0 heterocycles. The Morgan fingerprint density at radius 2 is 0.676 bits per heavy atom. The first-order valence-corrected chi connectivity index (χ1v) is 14.5. The zero-order chi connectivity index (χ0) is 26.0. The third kappa shape index (κ3) is 7.42. The van der Waals surface area contributed by atoms with Gasteiger partial charge in [-0.25, -0.2) is 0 Å². The summed E-state index contributed by atoms with van der Waals surface area (Å²) in [5.41, 5.74) is 0.789. The Hall–Kier alpha value is -3.17. The van der Waals surface area contributed by atoms with Gasteiger partial charge in [-0.05, 0) is 72.4 Å². The first-order chi connectivity index (χ1) is 18.0. The van der Waals surface area contributed by atoms with E-state index < -0.39 is 19.5 Å². The number of halogens is 2. The average Bonchev–Trinajstić information content (AvgIpc) is 2.95. The average molecular weight is 630 g/mol. The summed E-state index contributed by atoms with van der Waals surface area (Å²) in [5.74, 6) is -0.991. The zero-order valence-electron chi connectivity index (χ0n) is 19.8.